The third-order valence-corrected chi connectivity index (χ3v) is 4.98. The highest BCUT2D eigenvalue weighted by atomic mass is 79.9. The summed E-state index contributed by atoms with van der Waals surface area (Å²) < 4.78 is 0.674. The van der Waals surface area contributed by atoms with E-state index in [4.69, 9.17) is 0 Å². The molecule has 0 spiro atoms. The summed E-state index contributed by atoms with van der Waals surface area (Å²) in [4.78, 5) is 0. The van der Waals surface area contributed by atoms with Gasteiger partial charge in [-0.1, -0.05) is 27.1 Å². The van der Waals surface area contributed by atoms with E-state index in [0.29, 0.717) is 4.32 Å². The topological polar surface area (TPSA) is 0 Å². The summed E-state index contributed by atoms with van der Waals surface area (Å²) in [6, 6.07) is 0. The Morgan fingerprint density at radius 2 is 1.38 bits per heavy atom. The first-order valence-electron chi connectivity index (χ1n) is 5.67. The van der Waals surface area contributed by atoms with E-state index < -0.39 is 0 Å². The molecule has 4 aliphatic carbocycles. The summed E-state index contributed by atoms with van der Waals surface area (Å²) in [5, 5.41) is 0. The van der Waals surface area contributed by atoms with Crippen LogP contribution in [0.1, 0.15) is 51.4 Å². The van der Waals surface area contributed by atoms with E-state index in [2.05, 4.69) is 15.9 Å². The number of rotatable bonds is 1. The minimum absolute atomic E-state index is 0.674. The molecule has 0 aliphatic heterocycles. The minimum atomic E-state index is 0.674. The quantitative estimate of drug-likeness (QED) is 0.477. The Bertz CT molecular complexity index is 230. The van der Waals surface area contributed by atoms with Gasteiger partial charge in [0.2, 0.25) is 0 Å². The SMILES string of the molecule is BrC1(C2CC2)CC1.C1CC1=C1CC1. The fraction of sp³-hybridized carbons (Fsp3) is 0.833. The molecule has 0 atom stereocenters. The molecule has 0 nitrogen and oxygen atoms in total. The Balaban J connectivity index is 0.0000000875. The second kappa shape index (κ2) is 2.85. The average Bonchev–Trinajstić information content (AvgIpc) is 2.82. The molecule has 0 N–H and O–H groups in total. The van der Waals surface area contributed by atoms with Crippen LogP contribution < -0.4 is 0 Å². The Kier molecular flexibility index (Phi) is 1.87. The summed E-state index contributed by atoms with van der Waals surface area (Å²) in [6.45, 7) is 0. The van der Waals surface area contributed by atoms with Gasteiger partial charge in [-0.25, -0.2) is 0 Å². The van der Waals surface area contributed by atoms with Gasteiger partial charge in [0.1, 0.15) is 0 Å². The highest BCUT2D eigenvalue weighted by Crippen LogP contribution is 2.59. The molecule has 0 amide bonds. The van der Waals surface area contributed by atoms with E-state index in [1.807, 2.05) is 0 Å². The van der Waals surface area contributed by atoms with Crippen LogP contribution in [0.25, 0.3) is 0 Å². The van der Waals surface area contributed by atoms with Crippen molar-refractivity contribution in [2.24, 2.45) is 5.92 Å². The molecule has 0 saturated heterocycles. The number of halogens is 1. The van der Waals surface area contributed by atoms with Crippen LogP contribution in [-0.4, -0.2) is 4.32 Å². The Morgan fingerprint density at radius 3 is 1.54 bits per heavy atom. The average molecular weight is 241 g/mol. The van der Waals surface area contributed by atoms with Crippen molar-refractivity contribution in [3.05, 3.63) is 11.1 Å². The van der Waals surface area contributed by atoms with Crippen LogP contribution in [0.2, 0.25) is 0 Å². The summed E-state index contributed by atoms with van der Waals surface area (Å²) in [6.07, 6.45) is 11.6. The van der Waals surface area contributed by atoms with Gasteiger partial charge in [-0.2, -0.15) is 0 Å². The normalized spacial score (nSPS) is 32.1. The molecule has 0 bridgehead atoms. The second-order valence-electron chi connectivity index (χ2n) is 5.02. The molecular weight excluding hydrogens is 224 g/mol. The van der Waals surface area contributed by atoms with Gasteiger partial charge in [-0.3, -0.25) is 0 Å². The van der Waals surface area contributed by atoms with Crippen LogP contribution in [0.5, 0.6) is 0 Å². The predicted octanol–water partition coefficient (Wildman–Crippen LogP) is 4.19. The van der Waals surface area contributed by atoms with E-state index in [-0.39, 0.29) is 0 Å². The molecule has 4 rings (SSSR count). The highest BCUT2D eigenvalue weighted by molar-refractivity contribution is 9.10. The number of alkyl halides is 1. The minimum Gasteiger partial charge on any atom is -0.0850 e. The van der Waals surface area contributed by atoms with Gasteiger partial charge < -0.3 is 0 Å². The van der Waals surface area contributed by atoms with Gasteiger partial charge in [0, 0.05) is 4.32 Å². The van der Waals surface area contributed by atoms with Crippen LogP contribution in [0, 0.1) is 5.92 Å². The lowest BCUT2D eigenvalue weighted by Crippen LogP contribution is -1.96. The molecule has 0 unspecified atom stereocenters. The molecule has 72 valence electrons. The Labute approximate surface area is 88.9 Å². The molecule has 0 aromatic rings. The van der Waals surface area contributed by atoms with Gasteiger partial charge in [-0.15, -0.1) is 0 Å². The highest BCUT2D eigenvalue weighted by Gasteiger charge is 2.51. The molecular formula is C12H17Br. The monoisotopic (exact) mass is 240 g/mol. The van der Waals surface area contributed by atoms with Crippen LogP contribution in [0.15, 0.2) is 11.1 Å². The van der Waals surface area contributed by atoms with Crippen molar-refractivity contribution in [1.82, 2.24) is 0 Å². The molecule has 0 radical (unpaired) electrons. The van der Waals surface area contributed by atoms with Crippen molar-refractivity contribution in [2.75, 3.05) is 0 Å². The largest absolute Gasteiger partial charge is 0.0850 e. The van der Waals surface area contributed by atoms with Gasteiger partial charge >= 0.3 is 0 Å². The summed E-state index contributed by atoms with van der Waals surface area (Å²) >= 11 is 3.72. The molecule has 4 fully saturated rings. The zero-order chi connectivity index (χ0) is 8.89. The molecule has 1 heteroatoms. The van der Waals surface area contributed by atoms with Crippen molar-refractivity contribution >= 4 is 15.9 Å². The number of allylic oxidation sites excluding steroid dienone is 2. The van der Waals surface area contributed by atoms with Crippen molar-refractivity contribution < 1.29 is 0 Å². The van der Waals surface area contributed by atoms with E-state index in [9.17, 15) is 0 Å². The standard InChI is InChI=1S/C6H9Br.C6H8/c7-6(3-4-6)5-1-2-5;1-2-5(1)6-3-4-6/h5H,1-4H2;1-4H2. The van der Waals surface area contributed by atoms with Crippen molar-refractivity contribution in [1.29, 1.82) is 0 Å². The lowest BCUT2D eigenvalue weighted by molar-refractivity contribution is 0.783. The number of hydrogen-bond donors (Lipinski definition) is 0. The van der Waals surface area contributed by atoms with E-state index in [1.165, 1.54) is 51.4 Å². The Hall–Kier alpha value is 0.220. The van der Waals surface area contributed by atoms with Crippen molar-refractivity contribution in [3.8, 4) is 0 Å². The molecule has 0 aromatic carbocycles. The maximum atomic E-state index is 3.72. The molecule has 0 heterocycles. The summed E-state index contributed by atoms with van der Waals surface area (Å²) in [5.74, 6) is 1.08. The first-order valence-corrected chi connectivity index (χ1v) is 6.46. The van der Waals surface area contributed by atoms with E-state index in [1.54, 1.807) is 11.1 Å². The lowest BCUT2D eigenvalue weighted by atomic mass is 10.3. The third-order valence-electron chi connectivity index (χ3n) is 3.54. The van der Waals surface area contributed by atoms with Crippen LogP contribution in [0.3, 0.4) is 0 Å². The molecule has 4 aliphatic rings. The first kappa shape index (κ1) is 8.52. The zero-order valence-corrected chi connectivity index (χ0v) is 9.70. The zero-order valence-electron chi connectivity index (χ0n) is 8.11. The van der Waals surface area contributed by atoms with Crippen LogP contribution in [0.4, 0.5) is 0 Å². The molecule has 0 aromatic heterocycles. The predicted molar refractivity (Wildman–Crippen MR) is 59.1 cm³/mol. The fourth-order valence-corrected chi connectivity index (χ4v) is 2.62. The maximum absolute atomic E-state index is 3.72. The van der Waals surface area contributed by atoms with Crippen molar-refractivity contribution in [2.45, 2.75) is 55.7 Å². The summed E-state index contributed by atoms with van der Waals surface area (Å²) in [7, 11) is 0. The van der Waals surface area contributed by atoms with Gasteiger partial charge in [0.05, 0.1) is 0 Å². The van der Waals surface area contributed by atoms with E-state index in [0.717, 1.165) is 5.92 Å². The molecule has 4 saturated carbocycles. The van der Waals surface area contributed by atoms with Gasteiger partial charge in [-0.05, 0) is 57.3 Å². The van der Waals surface area contributed by atoms with Crippen molar-refractivity contribution in [3.63, 3.8) is 0 Å². The number of hydrogen-bond acceptors (Lipinski definition) is 0. The van der Waals surface area contributed by atoms with Gasteiger partial charge in [0.15, 0.2) is 0 Å². The van der Waals surface area contributed by atoms with E-state index >= 15 is 0 Å². The second-order valence-corrected chi connectivity index (χ2v) is 6.60. The summed E-state index contributed by atoms with van der Waals surface area (Å²) in [5.41, 5.74) is 3.57. The lowest BCUT2D eigenvalue weighted by Gasteiger charge is -1.97. The third kappa shape index (κ3) is 2.18. The smallest absolute Gasteiger partial charge is 0.0287 e. The fourth-order valence-electron chi connectivity index (χ4n) is 1.96. The maximum Gasteiger partial charge on any atom is 0.0287 e. The van der Waals surface area contributed by atoms with Crippen LogP contribution >= 0.6 is 15.9 Å². The first-order chi connectivity index (χ1) is 6.28. The molecule has 13 heavy (non-hydrogen) atoms. The van der Waals surface area contributed by atoms with Crippen LogP contribution in [-0.2, 0) is 0 Å². The van der Waals surface area contributed by atoms with Gasteiger partial charge in [0.25, 0.3) is 0 Å². The Morgan fingerprint density at radius 1 is 0.923 bits per heavy atom.